The molecule has 3 fully saturated rings. The van der Waals surface area contributed by atoms with Crippen LogP contribution in [0.25, 0.3) is 0 Å². The average molecular weight is 444 g/mol. The zero-order valence-electron chi connectivity index (χ0n) is 18.3. The van der Waals surface area contributed by atoms with Crippen LogP contribution in [0.5, 0.6) is 0 Å². The molecule has 3 rings (SSSR count). The Hall–Kier alpha value is -1.79. The van der Waals surface area contributed by atoms with Crippen molar-refractivity contribution >= 4 is 17.9 Å². The van der Waals surface area contributed by atoms with Crippen molar-refractivity contribution in [3.63, 3.8) is 0 Å². The number of carboxylic acids is 3. The maximum Gasteiger partial charge on any atom is 0.317 e. The fourth-order valence-electron chi connectivity index (χ4n) is 4.22. The summed E-state index contributed by atoms with van der Waals surface area (Å²) >= 11 is 0. The Bertz CT molecular complexity index is 542. The molecule has 178 valence electrons. The first-order chi connectivity index (χ1) is 14.8. The Kier molecular flexibility index (Phi) is 11.2. The van der Waals surface area contributed by atoms with Crippen molar-refractivity contribution in [3.8, 4) is 0 Å². The second-order valence-corrected chi connectivity index (χ2v) is 8.40. The largest absolute Gasteiger partial charge is 0.480 e. The quantitative estimate of drug-likeness (QED) is 0.418. The van der Waals surface area contributed by atoms with Gasteiger partial charge < -0.3 is 25.1 Å². The van der Waals surface area contributed by atoms with Gasteiger partial charge in [-0.25, -0.2) is 0 Å². The number of carboxylic acid groups (broad SMARTS) is 3. The smallest absolute Gasteiger partial charge is 0.317 e. The SMILES string of the molecule is O=C(O)CN1CCCN2CCN(CCCN(CC(=O)O)CCN(CC(=O)O)CC1)CC2. The fourth-order valence-corrected chi connectivity index (χ4v) is 4.22. The molecular weight excluding hydrogens is 406 g/mol. The zero-order chi connectivity index (χ0) is 22.6. The second kappa shape index (κ2) is 13.6. The molecule has 0 aromatic heterocycles. The van der Waals surface area contributed by atoms with E-state index in [1.165, 1.54) is 0 Å². The molecule has 2 bridgehead atoms. The van der Waals surface area contributed by atoms with Crippen molar-refractivity contribution in [3.05, 3.63) is 0 Å². The van der Waals surface area contributed by atoms with E-state index in [-0.39, 0.29) is 19.6 Å². The van der Waals surface area contributed by atoms with E-state index in [0.29, 0.717) is 39.3 Å². The van der Waals surface area contributed by atoms with Gasteiger partial charge in [-0.2, -0.15) is 0 Å². The van der Waals surface area contributed by atoms with E-state index < -0.39 is 17.9 Å². The monoisotopic (exact) mass is 443 g/mol. The molecule has 11 nitrogen and oxygen atoms in total. The molecule has 0 radical (unpaired) electrons. The van der Waals surface area contributed by atoms with Crippen molar-refractivity contribution in [1.29, 1.82) is 0 Å². The van der Waals surface area contributed by atoms with E-state index in [9.17, 15) is 29.7 Å². The van der Waals surface area contributed by atoms with Gasteiger partial charge in [-0.05, 0) is 25.9 Å². The highest BCUT2D eigenvalue weighted by Crippen LogP contribution is 2.06. The molecule has 31 heavy (non-hydrogen) atoms. The van der Waals surface area contributed by atoms with Crippen LogP contribution in [-0.4, -0.2) is 156 Å². The third-order valence-corrected chi connectivity index (χ3v) is 5.90. The van der Waals surface area contributed by atoms with Gasteiger partial charge in [0.1, 0.15) is 0 Å². The summed E-state index contributed by atoms with van der Waals surface area (Å²) < 4.78 is 0. The maximum atomic E-state index is 11.3. The summed E-state index contributed by atoms with van der Waals surface area (Å²) in [6, 6.07) is 0. The van der Waals surface area contributed by atoms with Gasteiger partial charge in [0.05, 0.1) is 19.6 Å². The van der Waals surface area contributed by atoms with E-state index >= 15 is 0 Å². The molecule has 3 saturated heterocycles. The molecule has 0 unspecified atom stereocenters. The number of fused-ring (bicyclic) bond motifs is 14. The first kappa shape index (κ1) is 25.5. The lowest BCUT2D eigenvalue weighted by atomic mass is 10.2. The number of aliphatic carboxylic acids is 3. The first-order valence-electron chi connectivity index (χ1n) is 11.1. The third-order valence-electron chi connectivity index (χ3n) is 5.90. The molecule has 0 aromatic carbocycles. The van der Waals surface area contributed by atoms with Crippen LogP contribution in [0.1, 0.15) is 12.8 Å². The molecule has 3 N–H and O–H groups in total. The van der Waals surface area contributed by atoms with E-state index in [1.807, 2.05) is 9.80 Å². The number of hydrogen-bond donors (Lipinski definition) is 3. The van der Waals surface area contributed by atoms with Gasteiger partial charge in [-0.3, -0.25) is 29.1 Å². The minimum absolute atomic E-state index is 0.0696. The Balaban J connectivity index is 2.05. The van der Waals surface area contributed by atoms with E-state index in [4.69, 9.17) is 0 Å². The fraction of sp³-hybridized carbons (Fsp3) is 0.850. The molecular formula is C20H37N5O6. The van der Waals surface area contributed by atoms with Gasteiger partial charge in [0.2, 0.25) is 0 Å². The summed E-state index contributed by atoms with van der Waals surface area (Å²) in [6.45, 7) is 8.61. The topological polar surface area (TPSA) is 128 Å². The highest BCUT2D eigenvalue weighted by atomic mass is 16.4. The summed E-state index contributed by atoms with van der Waals surface area (Å²) in [5.74, 6) is -2.73. The lowest BCUT2D eigenvalue weighted by molar-refractivity contribution is -0.140. The van der Waals surface area contributed by atoms with E-state index in [0.717, 1.165) is 52.1 Å². The van der Waals surface area contributed by atoms with Gasteiger partial charge in [0, 0.05) is 65.4 Å². The molecule has 3 aliphatic heterocycles. The van der Waals surface area contributed by atoms with Gasteiger partial charge in [0.25, 0.3) is 0 Å². The third kappa shape index (κ3) is 10.9. The highest BCUT2D eigenvalue weighted by Gasteiger charge is 2.20. The zero-order valence-corrected chi connectivity index (χ0v) is 18.3. The number of nitrogens with zero attached hydrogens (tertiary/aromatic N) is 5. The van der Waals surface area contributed by atoms with E-state index in [2.05, 4.69) is 9.80 Å². The van der Waals surface area contributed by atoms with Gasteiger partial charge in [-0.1, -0.05) is 0 Å². The van der Waals surface area contributed by atoms with Crippen molar-refractivity contribution in [2.75, 3.05) is 98.2 Å². The number of hydrogen-bond acceptors (Lipinski definition) is 8. The predicted molar refractivity (Wildman–Crippen MR) is 114 cm³/mol. The summed E-state index contributed by atoms with van der Waals surface area (Å²) in [5.41, 5.74) is 0. The number of carbonyl (C=O) groups is 3. The van der Waals surface area contributed by atoms with Crippen LogP contribution in [0.3, 0.4) is 0 Å². The number of rotatable bonds is 6. The molecule has 11 heteroatoms. The Morgan fingerprint density at radius 1 is 0.452 bits per heavy atom. The maximum absolute atomic E-state index is 11.3. The van der Waals surface area contributed by atoms with Crippen LogP contribution in [-0.2, 0) is 14.4 Å². The predicted octanol–water partition coefficient (Wildman–Crippen LogP) is -1.44. The summed E-state index contributed by atoms with van der Waals surface area (Å²) in [7, 11) is 0. The molecule has 0 spiro atoms. The Morgan fingerprint density at radius 2 is 0.742 bits per heavy atom. The van der Waals surface area contributed by atoms with Crippen molar-refractivity contribution in [2.45, 2.75) is 12.8 Å². The molecule has 0 aliphatic carbocycles. The van der Waals surface area contributed by atoms with Gasteiger partial charge >= 0.3 is 17.9 Å². The second-order valence-electron chi connectivity index (χ2n) is 8.40. The van der Waals surface area contributed by atoms with Crippen molar-refractivity contribution in [1.82, 2.24) is 24.5 Å². The van der Waals surface area contributed by atoms with E-state index in [1.54, 1.807) is 4.90 Å². The lowest BCUT2D eigenvalue weighted by Gasteiger charge is -2.35. The van der Waals surface area contributed by atoms with Gasteiger partial charge in [0.15, 0.2) is 0 Å². The standard InChI is InChI=1S/C20H37N5O6/c26-18(27)15-23-5-1-3-21-7-9-22(10-8-21)4-2-6-24(16-19(28)29)12-14-25(13-11-23)17-20(30)31/h1-17H2,(H,26,27)(H,28,29)(H,30,31). The molecule has 3 aliphatic rings. The van der Waals surface area contributed by atoms with Crippen LogP contribution in [0.2, 0.25) is 0 Å². The Morgan fingerprint density at radius 3 is 1.03 bits per heavy atom. The summed E-state index contributed by atoms with van der Waals surface area (Å²) in [5, 5.41) is 27.7. The van der Waals surface area contributed by atoms with Gasteiger partial charge in [-0.15, -0.1) is 0 Å². The molecule has 0 saturated carbocycles. The van der Waals surface area contributed by atoms with Crippen LogP contribution < -0.4 is 0 Å². The molecule has 0 aromatic rings. The summed E-state index contributed by atoms with van der Waals surface area (Å²) in [6.07, 6.45) is 1.75. The molecule has 0 amide bonds. The molecule has 3 heterocycles. The normalized spacial score (nSPS) is 26.3. The van der Waals surface area contributed by atoms with Crippen LogP contribution >= 0.6 is 0 Å². The van der Waals surface area contributed by atoms with Crippen molar-refractivity contribution in [2.24, 2.45) is 0 Å². The van der Waals surface area contributed by atoms with Crippen LogP contribution in [0, 0.1) is 0 Å². The highest BCUT2D eigenvalue weighted by molar-refractivity contribution is 5.69. The van der Waals surface area contributed by atoms with Crippen LogP contribution in [0.15, 0.2) is 0 Å². The minimum Gasteiger partial charge on any atom is -0.480 e. The first-order valence-corrected chi connectivity index (χ1v) is 11.1. The van der Waals surface area contributed by atoms with Crippen molar-refractivity contribution < 1.29 is 29.7 Å². The number of piperazine rings is 1. The summed E-state index contributed by atoms with van der Waals surface area (Å²) in [4.78, 5) is 44.1. The molecule has 0 atom stereocenters. The lowest BCUT2D eigenvalue weighted by Crippen LogP contribution is -2.47. The Labute approximate surface area is 183 Å². The minimum atomic E-state index is -0.947. The van der Waals surface area contributed by atoms with Crippen LogP contribution in [0.4, 0.5) is 0 Å². The average Bonchev–Trinajstić information content (AvgIpc) is 2.69.